The average Bonchev–Trinajstić information content (AvgIpc) is 2.60. The van der Waals surface area contributed by atoms with Crippen LogP contribution in [0.15, 0.2) is 24.3 Å². The molecule has 1 saturated heterocycles. The van der Waals surface area contributed by atoms with Crippen molar-refractivity contribution in [1.29, 1.82) is 0 Å². The lowest BCUT2D eigenvalue weighted by Crippen LogP contribution is -2.45. The van der Waals surface area contributed by atoms with Gasteiger partial charge in [0.1, 0.15) is 11.8 Å². The van der Waals surface area contributed by atoms with Crippen LogP contribution in [0.2, 0.25) is 0 Å². The van der Waals surface area contributed by atoms with Crippen LogP contribution < -0.4 is 10.2 Å². The van der Waals surface area contributed by atoms with Crippen LogP contribution in [0, 0.1) is 5.92 Å². The van der Waals surface area contributed by atoms with E-state index in [1.165, 1.54) is 0 Å². The van der Waals surface area contributed by atoms with Gasteiger partial charge in [0.15, 0.2) is 0 Å². The smallest absolute Gasteiger partial charge is 0.328 e. The summed E-state index contributed by atoms with van der Waals surface area (Å²) >= 11 is 0. The summed E-state index contributed by atoms with van der Waals surface area (Å²) in [6.07, 6.45) is 1.13. The number of ketones is 1. The third-order valence-corrected chi connectivity index (χ3v) is 4.31. The first-order chi connectivity index (χ1) is 11.9. The van der Waals surface area contributed by atoms with Crippen molar-refractivity contribution in [3.05, 3.63) is 29.8 Å². The molecule has 1 aliphatic heterocycles. The maximum absolute atomic E-state index is 12.4. The zero-order chi connectivity index (χ0) is 18.4. The molecular formula is C19H26N2O4. The summed E-state index contributed by atoms with van der Waals surface area (Å²) in [5.74, 6) is -0.480. The normalized spacial score (nSPS) is 15.8. The Bertz CT molecular complexity index is 615. The standard InChI is InChI=1S/C19H26N2O4/c1-4-25-19(24)17(13(2)3)20-18(23)14-5-7-15(8-6-14)21-11-9-16(22)10-12-21/h5-8,13,17H,4,9-12H2,1-3H3,(H,20,23)/t17-/m0/s1. The van der Waals surface area contributed by atoms with E-state index in [-0.39, 0.29) is 18.4 Å². The van der Waals surface area contributed by atoms with Gasteiger partial charge in [-0.3, -0.25) is 9.59 Å². The largest absolute Gasteiger partial charge is 0.464 e. The first-order valence-corrected chi connectivity index (χ1v) is 8.76. The molecule has 0 unspecified atom stereocenters. The van der Waals surface area contributed by atoms with Crippen LogP contribution in [-0.4, -0.2) is 43.4 Å². The van der Waals surface area contributed by atoms with E-state index in [4.69, 9.17) is 4.74 Å². The van der Waals surface area contributed by atoms with Crippen molar-refractivity contribution in [2.24, 2.45) is 5.92 Å². The van der Waals surface area contributed by atoms with Crippen LogP contribution >= 0.6 is 0 Å². The molecule has 1 heterocycles. The number of amides is 1. The van der Waals surface area contributed by atoms with Gasteiger partial charge in [-0.15, -0.1) is 0 Å². The highest BCUT2D eigenvalue weighted by atomic mass is 16.5. The molecule has 1 aromatic carbocycles. The van der Waals surface area contributed by atoms with Gasteiger partial charge in [-0.2, -0.15) is 0 Å². The van der Waals surface area contributed by atoms with Gasteiger partial charge in [-0.1, -0.05) is 13.8 Å². The second kappa shape index (κ2) is 8.65. The summed E-state index contributed by atoms with van der Waals surface area (Å²) in [6, 6.07) is 6.56. The maximum atomic E-state index is 12.4. The van der Waals surface area contributed by atoms with E-state index in [0.29, 0.717) is 37.3 Å². The molecule has 25 heavy (non-hydrogen) atoms. The fourth-order valence-corrected chi connectivity index (χ4v) is 2.79. The highest BCUT2D eigenvalue weighted by molar-refractivity contribution is 5.97. The van der Waals surface area contributed by atoms with Gasteiger partial charge in [-0.25, -0.2) is 4.79 Å². The van der Waals surface area contributed by atoms with Gasteiger partial charge in [0.2, 0.25) is 0 Å². The van der Waals surface area contributed by atoms with Crippen LogP contribution in [0.25, 0.3) is 0 Å². The lowest BCUT2D eigenvalue weighted by atomic mass is 10.0. The SMILES string of the molecule is CCOC(=O)[C@@H](NC(=O)c1ccc(N2CCC(=O)CC2)cc1)C(C)C. The Balaban J connectivity index is 2.01. The molecule has 1 fully saturated rings. The molecule has 0 bridgehead atoms. The number of anilines is 1. The predicted molar refractivity (Wildman–Crippen MR) is 95.6 cm³/mol. The minimum Gasteiger partial charge on any atom is -0.464 e. The lowest BCUT2D eigenvalue weighted by molar-refractivity contribution is -0.146. The van der Waals surface area contributed by atoms with Gasteiger partial charge in [0.25, 0.3) is 5.91 Å². The number of nitrogens with one attached hydrogen (secondary N) is 1. The van der Waals surface area contributed by atoms with Crippen molar-refractivity contribution in [1.82, 2.24) is 5.32 Å². The number of hydrogen-bond acceptors (Lipinski definition) is 5. The van der Waals surface area contributed by atoms with E-state index in [1.54, 1.807) is 19.1 Å². The highest BCUT2D eigenvalue weighted by Crippen LogP contribution is 2.19. The van der Waals surface area contributed by atoms with Crippen molar-refractivity contribution < 1.29 is 19.1 Å². The molecule has 0 saturated carbocycles. The van der Waals surface area contributed by atoms with Crippen LogP contribution in [-0.2, 0) is 14.3 Å². The number of esters is 1. The van der Waals surface area contributed by atoms with Crippen LogP contribution in [0.1, 0.15) is 44.0 Å². The molecule has 6 nitrogen and oxygen atoms in total. The fourth-order valence-electron chi connectivity index (χ4n) is 2.79. The molecule has 6 heteroatoms. The van der Waals surface area contributed by atoms with Gasteiger partial charge >= 0.3 is 5.97 Å². The number of rotatable bonds is 6. The van der Waals surface area contributed by atoms with E-state index in [9.17, 15) is 14.4 Å². The third-order valence-electron chi connectivity index (χ3n) is 4.31. The molecular weight excluding hydrogens is 320 g/mol. The van der Waals surface area contributed by atoms with E-state index < -0.39 is 12.0 Å². The van der Waals surface area contributed by atoms with Gasteiger partial charge < -0.3 is 15.0 Å². The quantitative estimate of drug-likeness (QED) is 0.799. The van der Waals surface area contributed by atoms with Crippen molar-refractivity contribution in [3.63, 3.8) is 0 Å². The number of carbonyl (C=O) groups excluding carboxylic acids is 3. The van der Waals surface area contributed by atoms with E-state index in [2.05, 4.69) is 10.2 Å². The van der Waals surface area contributed by atoms with E-state index in [1.807, 2.05) is 26.0 Å². The lowest BCUT2D eigenvalue weighted by Gasteiger charge is -2.28. The number of ether oxygens (including phenoxy) is 1. The third kappa shape index (κ3) is 5.05. The van der Waals surface area contributed by atoms with Crippen molar-refractivity contribution >= 4 is 23.3 Å². The topological polar surface area (TPSA) is 75.7 Å². The number of Topliss-reactive ketones (excluding diaryl/α,β-unsaturated/α-hetero) is 1. The number of benzene rings is 1. The molecule has 1 aliphatic rings. The minimum absolute atomic E-state index is 0.0619. The van der Waals surface area contributed by atoms with Crippen LogP contribution in [0.5, 0.6) is 0 Å². The fraction of sp³-hybridized carbons (Fsp3) is 0.526. The second-order valence-corrected chi connectivity index (χ2v) is 6.52. The summed E-state index contributed by atoms with van der Waals surface area (Å²) in [5.41, 5.74) is 1.49. The second-order valence-electron chi connectivity index (χ2n) is 6.52. The average molecular weight is 346 g/mol. The Hall–Kier alpha value is -2.37. The number of carbonyl (C=O) groups is 3. The Kier molecular flexibility index (Phi) is 6.56. The number of hydrogen-bond donors (Lipinski definition) is 1. The van der Waals surface area contributed by atoms with Gasteiger partial charge in [0, 0.05) is 37.2 Å². The predicted octanol–water partition coefficient (Wildman–Crippen LogP) is 2.17. The molecule has 1 atom stereocenters. The highest BCUT2D eigenvalue weighted by Gasteiger charge is 2.26. The molecule has 0 aliphatic carbocycles. The zero-order valence-corrected chi connectivity index (χ0v) is 15.1. The van der Waals surface area contributed by atoms with Crippen LogP contribution in [0.3, 0.4) is 0 Å². The van der Waals surface area contributed by atoms with Crippen molar-refractivity contribution in [2.45, 2.75) is 39.7 Å². The first-order valence-electron chi connectivity index (χ1n) is 8.76. The summed E-state index contributed by atoms with van der Waals surface area (Å²) in [6.45, 7) is 7.17. The Labute approximate surface area is 148 Å². The number of piperidine rings is 1. The van der Waals surface area contributed by atoms with Crippen LogP contribution in [0.4, 0.5) is 5.69 Å². The molecule has 1 aromatic rings. The molecule has 0 spiro atoms. The summed E-state index contributed by atoms with van der Waals surface area (Å²) in [4.78, 5) is 37.9. The molecule has 1 N–H and O–H groups in total. The molecule has 0 radical (unpaired) electrons. The number of nitrogens with zero attached hydrogens (tertiary/aromatic N) is 1. The minimum atomic E-state index is -0.666. The monoisotopic (exact) mass is 346 g/mol. The maximum Gasteiger partial charge on any atom is 0.328 e. The van der Waals surface area contributed by atoms with Crippen molar-refractivity contribution in [2.75, 3.05) is 24.6 Å². The molecule has 1 amide bonds. The molecule has 2 rings (SSSR count). The Morgan fingerprint density at radius 2 is 1.76 bits per heavy atom. The molecule has 0 aromatic heterocycles. The summed E-state index contributed by atoms with van der Waals surface area (Å²) in [5, 5.41) is 2.75. The molecule has 136 valence electrons. The Morgan fingerprint density at radius 1 is 1.16 bits per heavy atom. The van der Waals surface area contributed by atoms with E-state index >= 15 is 0 Å². The van der Waals surface area contributed by atoms with Crippen molar-refractivity contribution in [3.8, 4) is 0 Å². The first kappa shape index (κ1) is 19.0. The van der Waals surface area contributed by atoms with Gasteiger partial charge in [0.05, 0.1) is 6.61 Å². The summed E-state index contributed by atoms with van der Waals surface area (Å²) in [7, 11) is 0. The van der Waals surface area contributed by atoms with Gasteiger partial charge in [-0.05, 0) is 37.1 Å². The summed E-state index contributed by atoms with van der Waals surface area (Å²) < 4.78 is 5.02. The van der Waals surface area contributed by atoms with E-state index in [0.717, 1.165) is 5.69 Å². The zero-order valence-electron chi connectivity index (χ0n) is 15.1. The Morgan fingerprint density at radius 3 is 2.28 bits per heavy atom.